The number of hydrogen-bond acceptors (Lipinski definition) is 9. The van der Waals surface area contributed by atoms with Gasteiger partial charge in [-0.1, -0.05) is 36.5 Å². The van der Waals surface area contributed by atoms with Crippen LogP contribution in [0.15, 0.2) is 82.1 Å². The molecule has 0 radical (unpaired) electrons. The first-order valence-corrected chi connectivity index (χ1v) is 16.2. The minimum atomic E-state index is 0.600. The Morgan fingerprint density at radius 3 is 1.42 bits per heavy atom. The maximum Gasteiger partial charge on any atom is 0.0805 e. The van der Waals surface area contributed by atoms with Gasteiger partial charge in [0.2, 0.25) is 0 Å². The van der Waals surface area contributed by atoms with Crippen LogP contribution in [-0.4, -0.2) is 126 Å². The number of allylic oxidation sites excluding steroid dienone is 10. The average Bonchev–Trinajstić information content (AvgIpc) is 3.38. The van der Waals surface area contributed by atoms with Crippen molar-refractivity contribution in [2.75, 3.05) is 105 Å². The predicted molar refractivity (Wildman–Crippen MR) is 177 cm³/mol. The molecule has 5 rings (SSSR count). The van der Waals surface area contributed by atoms with Crippen LogP contribution in [0, 0.1) is 0 Å². The number of rotatable bonds is 0. The fraction of sp³-hybridized carbons (Fsp3) is 0.588. The van der Waals surface area contributed by atoms with Crippen molar-refractivity contribution in [3.8, 4) is 0 Å². The lowest BCUT2D eigenvalue weighted by atomic mass is 10.2. The number of fused-ring (bicyclic) bond motifs is 22. The summed E-state index contributed by atoms with van der Waals surface area (Å²) in [4.78, 5) is 15.0. The average molecular weight is 593 g/mol. The number of hydrogen-bond donors (Lipinski definition) is 2. The largest absolute Gasteiger partial charge is 0.383 e. The molecule has 2 aliphatic carbocycles. The van der Waals surface area contributed by atoms with Crippen LogP contribution in [-0.2, 0) is 14.2 Å². The van der Waals surface area contributed by atoms with Gasteiger partial charge in [0.1, 0.15) is 0 Å². The molecular formula is C34H52N6O3. The maximum atomic E-state index is 5.93. The van der Waals surface area contributed by atoms with E-state index in [1.54, 1.807) is 0 Å². The molecule has 0 aromatic rings. The summed E-state index contributed by atoms with van der Waals surface area (Å²) in [6.07, 6.45) is 25.1. The first-order valence-electron chi connectivity index (χ1n) is 16.2. The molecule has 2 atom stereocenters. The molecule has 2 unspecified atom stereocenters. The number of nitrogens with one attached hydrogen (secondary N) is 2. The molecule has 0 aromatic carbocycles. The second kappa shape index (κ2) is 21.0. The lowest BCUT2D eigenvalue weighted by Gasteiger charge is -2.23. The Balaban J connectivity index is 1.49. The Kier molecular flexibility index (Phi) is 16.1. The summed E-state index contributed by atoms with van der Waals surface area (Å²) in [5.41, 5.74) is 4.26. The monoisotopic (exact) mass is 592 g/mol. The molecule has 0 fully saturated rings. The number of nitrogens with zero attached hydrogens (tertiary/aromatic N) is 4. The first-order chi connectivity index (χ1) is 21.4. The lowest BCUT2D eigenvalue weighted by Crippen LogP contribution is -2.33. The van der Waals surface area contributed by atoms with Crippen molar-refractivity contribution >= 4 is 11.4 Å². The fourth-order valence-corrected chi connectivity index (χ4v) is 5.29. The van der Waals surface area contributed by atoms with Crippen LogP contribution in [0.4, 0.5) is 0 Å². The van der Waals surface area contributed by atoms with E-state index in [2.05, 4.69) is 81.2 Å². The first kappa shape index (κ1) is 33.1. The zero-order valence-corrected chi connectivity index (χ0v) is 25.9. The van der Waals surface area contributed by atoms with Gasteiger partial charge in [-0.3, -0.25) is 9.98 Å². The Bertz CT molecular complexity index is 976. The van der Waals surface area contributed by atoms with Crippen LogP contribution in [0.2, 0.25) is 0 Å². The van der Waals surface area contributed by atoms with Gasteiger partial charge in [0.15, 0.2) is 0 Å². The Morgan fingerprint density at radius 1 is 0.488 bits per heavy atom. The van der Waals surface area contributed by atoms with E-state index in [1.807, 2.05) is 0 Å². The van der Waals surface area contributed by atoms with Crippen molar-refractivity contribution in [3.63, 3.8) is 0 Å². The minimum Gasteiger partial charge on any atom is -0.383 e. The summed E-state index contributed by atoms with van der Waals surface area (Å²) < 4.78 is 17.6. The van der Waals surface area contributed by atoms with Crippen LogP contribution >= 0.6 is 0 Å². The third-order valence-corrected chi connectivity index (χ3v) is 7.64. The quantitative estimate of drug-likeness (QED) is 0.418. The van der Waals surface area contributed by atoms with E-state index < -0.39 is 0 Å². The molecule has 2 N–H and O–H groups in total. The summed E-state index contributed by atoms with van der Waals surface area (Å²) in [7, 11) is 0. The lowest BCUT2D eigenvalue weighted by molar-refractivity contribution is 0.00703. The van der Waals surface area contributed by atoms with Crippen molar-refractivity contribution < 1.29 is 14.2 Å². The highest BCUT2D eigenvalue weighted by atomic mass is 16.5. The van der Waals surface area contributed by atoms with Crippen molar-refractivity contribution in [1.82, 2.24) is 20.4 Å². The van der Waals surface area contributed by atoms with Gasteiger partial charge >= 0.3 is 0 Å². The molecule has 3 heterocycles. The highest BCUT2D eigenvalue weighted by Crippen LogP contribution is 2.07. The van der Waals surface area contributed by atoms with Crippen LogP contribution in [0.1, 0.15) is 25.7 Å². The zero-order valence-electron chi connectivity index (χ0n) is 25.9. The fourth-order valence-electron chi connectivity index (χ4n) is 5.29. The SMILES string of the molecule is C1=CC=C2NCCCN3CCCN=C4C=CC=CC=C4NCCCN(CCCN=C2C=C1)CCOCCOCCOCC3. The van der Waals surface area contributed by atoms with E-state index in [4.69, 9.17) is 24.2 Å². The molecule has 3 aliphatic heterocycles. The summed E-state index contributed by atoms with van der Waals surface area (Å²) in [6.45, 7) is 12.9. The van der Waals surface area contributed by atoms with Gasteiger partial charge < -0.3 is 34.6 Å². The third kappa shape index (κ3) is 13.6. The molecule has 5 aliphatic rings. The number of aliphatic imine (C=N–C) groups is 2. The molecule has 0 saturated heterocycles. The highest BCUT2D eigenvalue weighted by Gasteiger charge is 2.11. The zero-order chi connectivity index (χ0) is 29.6. The molecule has 0 saturated carbocycles. The van der Waals surface area contributed by atoms with Crippen LogP contribution in [0.5, 0.6) is 0 Å². The van der Waals surface area contributed by atoms with Gasteiger partial charge in [-0.05, 0) is 76.2 Å². The summed E-state index contributed by atoms with van der Waals surface area (Å²) in [5, 5.41) is 7.32. The van der Waals surface area contributed by atoms with Gasteiger partial charge in [0, 0.05) is 39.3 Å². The van der Waals surface area contributed by atoms with Crippen molar-refractivity contribution in [1.29, 1.82) is 0 Å². The summed E-state index contributed by atoms with van der Waals surface area (Å²) >= 11 is 0. The summed E-state index contributed by atoms with van der Waals surface area (Å²) in [6, 6.07) is 0. The molecule has 9 heteroatoms. The van der Waals surface area contributed by atoms with Crippen LogP contribution < -0.4 is 10.6 Å². The van der Waals surface area contributed by atoms with Gasteiger partial charge in [-0.25, -0.2) is 0 Å². The molecule has 9 nitrogen and oxygen atoms in total. The third-order valence-electron chi connectivity index (χ3n) is 7.64. The second-order valence-corrected chi connectivity index (χ2v) is 11.0. The van der Waals surface area contributed by atoms with E-state index in [0.717, 1.165) is 114 Å². The molecule has 2 bridgehead atoms. The van der Waals surface area contributed by atoms with Crippen molar-refractivity contribution in [2.24, 2.45) is 9.98 Å². The van der Waals surface area contributed by atoms with Crippen molar-refractivity contribution in [2.45, 2.75) is 25.7 Å². The Hall–Kier alpha value is -2.82. The standard InChI is InChI=1S/C34H52N6O3/c1-3-11-31-32(12-4-1)36-16-8-20-40-22-10-18-38-34-14-6-2-5-13-33(34)37-17-9-21-39(19-7-15-35-31)23-25-41-27-29-43-30-28-42-26-24-40/h1-6,11-14,35,38H,7-10,15-30H2. The summed E-state index contributed by atoms with van der Waals surface area (Å²) in [5.74, 6) is 0. The van der Waals surface area contributed by atoms with Gasteiger partial charge in [0.25, 0.3) is 0 Å². The highest BCUT2D eigenvalue weighted by molar-refractivity contribution is 6.09. The molecule has 0 aromatic heterocycles. The molecule has 236 valence electrons. The van der Waals surface area contributed by atoms with Crippen molar-refractivity contribution in [3.05, 3.63) is 72.2 Å². The second-order valence-electron chi connectivity index (χ2n) is 11.0. The Morgan fingerprint density at radius 2 is 0.930 bits per heavy atom. The van der Waals surface area contributed by atoms with E-state index in [9.17, 15) is 0 Å². The van der Waals surface area contributed by atoms with Crippen LogP contribution in [0.3, 0.4) is 0 Å². The van der Waals surface area contributed by atoms with E-state index >= 15 is 0 Å². The molecule has 0 spiro atoms. The van der Waals surface area contributed by atoms with E-state index in [0.29, 0.717) is 39.6 Å². The van der Waals surface area contributed by atoms with Gasteiger partial charge in [0.05, 0.1) is 62.5 Å². The van der Waals surface area contributed by atoms with Crippen LogP contribution in [0.25, 0.3) is 0 Å². The normalized spacial score (nSPS) is 26.4. The molecular weight excluding hydrogens is 540 g/mol. The number of ether oxygens (including phenoxy) is 3. The molecule has 43 heavy (non-hydrogen) atoms. The van der Waals surface area contributed by atoms with E-state index in [1.165, 1.54) is 0 Å². The smallest absolute Gasteiger partial charge is 0.0805 e. The van der Waals surface area contributed by atoms with Gasteiger partial charge in [-0.2, -0.15) is 0 Å². The maximum absolute atomic E-state index is 5.93. The van der Waals surface area contributed by atoms with E-state index in [-0.39, 0.29) is 0 Å². The molecule has 0 amide bonds. The van der Waals surface area contributed by atoms with Gasteiger partial charge in [-0.15, -0.1) is 0 Å². The Labute approximate surface area is 258 Å². The minimum absolute atomic E-state index is 0.600. The topological polar surface area (TPSA) is 83.0 Å². The predicted octanol–water partition coefficient (Wildman–Crippen LogP) is 3.31.